The predicted octanol–water partition coefficient (Wildman–Crippen LogP) is 3.07. The molecule has 158 valence electrons. The van der Waals surface area contributed by atoms with Gasteiger partial charge in [0.25, 0.3) is 0 Å². The Labute approximate surface area is 191 Å². The van der Waals surface area contributed by atoms with E-state index in [1.165, 1.54) is 23.1 Å². The molecule has 1 aliphatic carbocycles. The highest BCUT2D eigenvalue weighted by molar-refractivity contribution is 8.01. The van der Waals surface area contributed by atoms with Crippen LogP contribution >= 0.6 is 34.7 Å². The number of rotatable bonds is 5. The molecule has 0 saturated carbocycles. The number of primary amides is 1. The van der Waals surface area contributed by atoms with Crippen molar-refractivity contribution in [3.63, 3.8) is 0 Å². The number of nitrogens with two attached hydrogens (primary N) is 2. The second kappa shape index (κ2) is 8.70. The Hall–Kier alpha value is -2.87. The van der Waals surface area contributed by atoms with Gasteiger partial charge in [-0.2, -0.15) is 5.26 Å². The molecule has 11 heteroatoms. The van der Waals surface area contributed by atoms with Gasteiger partial charge in [0.15, 0.2) is 10.1 Å². The molecular formula is C20H17ClN6O2S2. The molecule has 0 fully saturated rings. The highest BCUT2D eigenvalue weighted by Crippen LogP contribution is 2.47. The number of ketones is 1. The number of halogens is 1. The number of nitrogens with zero attached hydrogens (tertiary/aromatic N) is 4. The lowest BCUT2D eigenvalue weighted by Gasteiger charge is -2.38. The Balaban J connectivity index is 1.84. The van der Waals surface area contributed by atoms with E-state index in [0.717, 1.165) is 11.3 Å². The van der Waals surface area contributed by atoms with Crippen LogP contribution in [0.3, 0.4) is 0 Å². The van der Waals surface area contributed by atoms with Crippen LogP contribution in [0.2, 0.25) is 5.02 Å². The minimum atomic E-state index is -0.584. The van der Waals surface area contributed by atoms with Crippen molar-refractivity contribution in [3.8, 4) is 6.07 Å². The lowest BCUT2D eigenvalue weighted by Crippen LogP contribution is -2.38. The third-order valence-corrected chi connectivity index (χ3v) is 7.32. The summed E-state index contributed by atoms with van der Waals surface area (Å²) in [5, 5.41) is 19.2. The smallest absolute Gasteiger partial charge is 0.227 e. The number of hydrogen-bond acceptors (Lipinski definition) is 9. The number of nitriles is 1. The first-order valence-electron chi connectivity index (χ1n) is 9.37. The molecular weight excluding hydrogens is 456 g/mol. The van der Waals surface area contributed by atoms with Crippen LogP contribution in [0.5, 0.6) is 0 Å². The summed E-state index contributed by atoms with van der Waals surface area (Å²) in [6.45, 7) is 0. The van der Waals surface area contributed by atoms with Crippen molar-refractivity contribution in [3.05, 3.63) is 57.5 Å². The molecule has 4 N–H and O–H groups in total. The summed E-state index contributed by atoms with van der Waals surface area (Å²) in [7, 11) is 0. The average molecular weight is 473 g/mol. The van der Waals surface area contributed by atoms with Crippen molar-refractivity contribution in [2.24, 2.45) is 11.5 Å². The first-order chi connectivity index (χ1) is 14.9. The number of hydrogen-bond donors (Lipinski definition) is 2. The van der Waals surface area contributed by atoms with Crippen LogP contribution in [0.1, 0.15) is 30.7 Å². The zero-order valence-corrected chi connectivity index (χ0v) is 18.6. The van der Waals surface area contributed by atoms with Crippen molar-refractivity contribution < 1.29 is 9.59 Å². The summed E-state index contributed by atoms with van der Waals surface area (Å²) in [4.78, 5) is 25.8. The number of amides is 1. The maximum absolute atomic E-state index is 13.0. The molecule has 0 saturated heterocycles. The second-order valence-corrected chi connectivity index (χ2v) is 9.59. The third-order valence-electron chi connectivity index (χ3n) is 5.02. The molecule has 2 heterocycles. The number of Topliss-reactive ketones (excluding diaryl/α,β-unsaturated/α-hetero) is 1. The number of benzene rings is 1. The Bertz CT molecular complexity index is 1180. The highest BCUT2D eigenvalue weighted by atomic mass is 35.5. The number of thioether (sulfide) groups is 1. The molecule has 0 spiro atoms. The molecule has 1 aromatic carbocycles. The summed E-state index contributed by atoms with van der Waals surface area (Å²) in [5.41, 5.74) is 13.9. The molecule has 2 aliphatic rings. The van der Waals surface area contributed by atoms with E-state index >= 15 is 0 Å². The number of allylic oxidation sites excluding steroid dienone is 3. The lowest BCUT2D eigenvalue weighted by molar-refractivity contribution is -0.116. The molecule has 1 atom stereocenters. The average Bonchev–Trinajstić information content (AvgIpc) is 3.20. The SMILES string of the molecule is N#CC1=C(N)N(c2nnc(SCC(N)=O)s2)C2=C(C(=O)CCC2)C1c1cccc(Cl)c1. The van der Waals surface area contributed by atoms with Gasteiger partial charge in [0, 0.05) is 22.7 Å². The number of anilines is 1. The van der Waals surface area contributed by atoms with Crippen LogP contribution in [0, 0.1) is 11.3 Å². The van der Waals surface area contributed by atoms with E-state index in [-0.39, 0.29) is 22.9 Å². The topological polar surface area (TPSA) is 139 Å². The molecule has 2 aromatic rings. The fourth-order valence-electron chi connectivity index (χ4n) is 3.81. The first kappa shape index (κ1) is 21.4. The van der Waals surface area contributed by atoms with E-state index in [2.05, 4.69) is 16.3 Å². The molecule has 4 rings (SSSR count). The number of carbonyl (C=O) groups is 2. The third kappa shape index (κ3) is 4.04. The van der Waals surface area contributed by atoms with Crippen LogP contribution in [0.4, 0.5) is 5.13 Å². The molecule has 0 bridgehead atoms. The van der Waals surface area contributed by atoms with Crippen molar-refractivity contribution in [2.75, 3.05) is 10.7 Å². The van der Waals surface area contributed by atoms with Crippen LogP contribution in [0.15, 0.2) is 51.3 Å². The zero-order chi connectivity index (χ0) is 22.1. The van der Waals surface area contributed by atoms with Crippen LogP contribution < -0.4 is 16.4 Å². The molecule has 31 heavy (non-hydrogen) atoms. The largest absolute Gasteiger partial charge is 0.384 e. The fourth-order valence-corrected chi connectivity index (χ4v) is 5.63. The molecule has 1 aromatic heterocycles. The second-order valence-electron chi connectivity index (χ2n) is 6.98. The monoisotopic (exact) mass is 472 g/mol. The minimum absolute atomic E-state index is 0.0238. The maximum atomic E-state index is 13.0. The summed E-state index contributed by atoms with van der Waals surface area (Å²) < 4.78 is 0.543. The van der Waals surface area contributed by atoms with Gasteiger partial charge in [-0.3, -0.25) is 14.5 Å². The summed E-state index contributed by atoms with van der Waals surface area (Å²) in [5.74, 6) is -0.780. The molecule has 1 amide bonds. The zero-order valence-electron chi connectivity index (χ0n) is 16.2. The van der Waals surface area contributed by atoms with Crippen LogP contribution in [0.25, 0.3) is 0 Å². The molecule has 8 nitrogen and oxygen atoms in total. The molecule has 1 unspecified atom stereocenters. The van der Waals surface area contributed by atoms with E-state index in [0.29, 0.717) is 39.3 Å². The maximum Gasteiger partial charge on any atom is 0.227 e. The highest BCUT2D eigenvalue weighted by Gasteiger charge is 2.41. The van der Waals surface area contributed by atoms with Gasteiger partial charge >= 0.3 is 0 Å². The standard InChI is InChI=1S/C20H17ClN6O2S2/c21-11-4-1-3-10(7-11)16-12(8-22)18(24)27(13-5-2-6-14(28)17(13)16)19-25-26-20(31-19)30-9-15(23)29/h1,3-4,7,16H,2,5-6,9,24H2,(H2,23,29). The van der Waals surface area contributed by atoms with Crippen molar-refractivity contribution in [1.29, 1.82) is 5.26 Å². The van der Waals surface area contributed by atoms with E-state index in [1.54, 1.807) is 23.1 Å². The van der Waals surface area contributed by atoms with Gasteiger partial charge in [-0.25, -0.2) is 0 Å². The Kier molecular flexibility index (Phi) is 6.00. The van der Waals surface area contributed by atoms with Crippen molar-refractivity contribution >= 4 is 51.5 Å². The molecule has 0 radical (unpaired) electrons. The Morgan fingerprint density at radius 3 is 2.90 bits per heavy atom. The van der Waals surface area contributed by atoms with E-state index in [1.807, 2.05) is 6.07 Å². The van der Waals surface area contributed by atoms with Gasteiger partial charge in [-0.05, 0) is 30.5 Å². The van der Waals surface area contributed by atoms with Gasteiger partial charge in [-0.15, -0.1) is 10.2 Å². The summed E-state index contributed by atoms with van der Waals surface area (Å²) >= 11 is 8.59. The van der Waals surface area contributed by atoms with Gasteiger partial charge < -0.3 is 11.5 Å². The Morgan fingerprint density at radius 1 is 1.39 bits per heavy atom. The lowest BCUT2D eigenvalue weighted by atomic mass is 9.76. The van der Waals surface area contributed by atoms with Gasteiger partial charge in [-0.1, -0.05) is 46.8 Å². The minimum Gasteiger partial charge on any atom is -0.384 e. The van der Waals surface area contributed by atoms with Crippen LogP contribution in [-0.2, 0) is 9.59 Å². The summed E-state index contributed by atoms with van der Waals surface area (Å²) in [6, 6.07) is 9.32. The quantitative estimate of drug-likeness (QED) is 0.633. The predicted molar refractivity (Wildman–Crippen MR) is 119 cm³/mol. The summed E-state index contributed by atoms with van der Waals surface area (Å²) in [6.07, 6.45) is 1.69. The van der Waals surface area contributed by atoms with Gasteiger partial charge in [0.1, 0.15) is 5.82 Å². The van der Waals surface area contributed by atoms with Crippen molar-refractivity contribution in [1.82, 2.24) is 10.2 Å². The normalized spacial score (nSPS) is 18.8. The van der Waals surface area contributed by atoms with Gasteiger partial charge in [0.05, 0.1) is 23.3 Å². The Morgan fingerprint density at radius 2 is 2.19 bits per heavy atom. The fraction of sp³-hybridized carbons (Fsp3) is 0.250. The van der Waals surface area contributed by atoms with E-state index < -0.39 is 11.8 Å². The van der Waals surface area contributed by atoms with E-state index in [4.69, 9.17) is 23.1 Å². The number of carbonyl (C=O) groups excluding carboxylic acids is 2. The first-order valence-corrected chi connectivity index (χ1v) is 11.5. The van der Waals surface area contributed by atoms with Crippen LogP contribution in [-0.4, -0.2) is 27.6 Å². The van der Waals surface area contributed by atoms with E-state index in [9.17, 15) is 14.9 Å². The molecule has 1 aliphatic heterocycles. The number of aromatic nitrogens is 2. The van der Waals surface area contributed by atoms with Crippen molar-refractivity contribution in [2.45, 2.75) is 29.5 Å². The van der Waals surface area contributed by atoms with Gasteiger partial charge in [0.2, 0.25) is 11.0 Å².